The van der Waals surface area contributed by atoms with Gasteiger partial charge in [-0.3, -0.25) is 0 Å². The molecule has 0 aliphatic carbocycles. The number of rotatable bonds is 6. The standard InChI is InChI=1S/C14H23NO/c1-5-13-10-14(7-6-12(13)4)16-9-8-15-11(2)3/h6-7,10-11,15H,5,8-9H2,1-4H3. The number of hydrogen-bond donors (Lipinski definition) is 1. The van der Waals surface area contributed by atoms with Gasteiger partial charge in [-0.2, -0.15) is 0 Å². The van der Waals surface area contributed by atoms with Crippen molar-refractivity contribution < 1.29 is 4.74 Å². The summed E-state index contributed by atoms with van der Waals surface area (Å²) in [5.74, 6) is 0.980. The van der Waals surface area contributed by atoms with E-state index in [0.29, 0.717) is 6.04 Å². The summed E-state index contributed by atoms with van der Waals surface area (Å²) in [6.07, 6.45) is 1.06. The average molecular weight is 221 g/mol. The Morgan fingerprint density at radius 2 is 2.06 bits per heavy atom. The van der Waals surface area contributed by atoms with Crippen LogP contribution in [0.2, 0.25) is 0 Å². The molecule has 0 aromatic heterocycles. The Morgan fingerprint density at radius 3 is 2.69 bits per heavy atom. The molecule has 16 heavy (non-hydrogen) atoms. The Bertz CT molecular complexity index is 321. The molecule has 1 N–H and O–H groups in total. The van der Waals surface area contributed by atoms with Crippen LogP contribution in [0.3, 0.4) is 0 Å². The smallest absolute Gasteiger partial charge is 0.119 e. The SMILES string of the molecule is CCc1cc(OCCNC(C)C)ccc1C. The maximum Gasteiger partial charge on any atom is 0.119 e. The maximum atomic E-state index is 5.69. The minimum absolute atomic E-state index is 0.521. The first-order valence-corrected chi connectivity index (χ1v) is 6.09. The van der Waals surface area contributed by atoms with Crippen molar-refractivity contribution in [2.45, 2.75) is 40.2 Å². The van der Waals surface area contributed by atoms with Crippen LogP contribution in [0, 0.1) is 6.92 Å². The Balaban J connectivity index is 2.42. The Morgan fingerprint density at radius 1 is 1.31 bits per heavy atom. The third-order valence-electron chi connectivity index (χ3n) is 2.62. The van der Waals surface area contributed by atoms with Crippen LogP contribution >= 0.6 is 0 Å². The molecule has 1 rings (SSSR count). The van der Waals surface area contributed by atoms with Gasteiger partial charge in [-0.15, -0.1) is 0 Å². The van der Waals surface area contributed by atoms with Gasteiger partial charge in [-0.1, -0.05) is 26.8 Å². The van der Waals surface area contributed by atoms with Crippen LogP contribution in [0.15, 0.2) is 18.2 Å². The molecule has 0 saturated heterocycles. The lowest BCUT2D eigenvalue weighted by Crippen LogP contribution is -2.27. The van der Waals surface area contributed by atoms with E-state index in [1.165, 1.54) is 11.1 Å². The predicted molar refractivity (Wildman–Crippen MR) is 69.2 cm³/mol. The largest absolute Gasteiger partial charge is 0.492 e. The monoisotopic (exact) mass is 221 g/mol. The van der Waals surface area contributed by atoms with Gasteiger partial charge in [0.05, 0.1) is 0 Å². The molecule has 2 nitrogen and oxygen atoms in total. The van der Waals surface area contributed by atoms with E-state index in [2.05, 4.69) is 45.1 Å². The van der Waals surface area contributed by atoms with Crippen molar-refractivity contribution in [1.82, 2.24) is 5.32 Å². The van der Waals surface area contributed by atoms with Crippen molar-refractivity contribution in [3.05, 3.63) is 29.3 Å². The summed E-state index contributed by atoms with van der Waals surface area (Å²) in [5, 5.41) is 3.33. The Hall–Kier alpha value is -1.02. The third kappa shape index (κ3) is 4.23. The van der Waals surface area contributed by atoms with E-state index in [4.69, 9.17) is 4.74 Å². The first kappa shape index (κ1) is 13.0. The number of benzene rings is 1. The van der Waals surface area contributed by atoms with Crippen molar-refractivity contribution >= 4 is 0 Å². The van der Waals surface area contributed by atoms with Crippen LogP contribution in [0.4, 0.5) is 0 Å². The second kappa shape index (κ2) is 6.54. The van der Waals surface area contributed by atoms with Gasteiger partial charge < -0.3 is 10.1 Å². The predicted octanol–water partition coefficient (Wildman–Crippen LogP) is 2.93. The van der Waals surface area contributed by atoms with Gasteiger partial charge in [0.25, 0.3) is 0 Å². The van der Waals surface area contributed by atoms with Crippen LogP contribution in [0.25, 0.3) is 0 Å². The van der Waals surface area contributed by atoms with Gasteiger partial charge >= 0.3 is 0 Å². The van der Waals surface area contributed by atoms with Gasteiger partial charge in [-0.25, -0.2) is 0 Å². The molecule has 0 fully saturated rings. The highest BCUT2D eigenvalue weighted by Crippen LogP contribution is 2.17. The topological polar surface area (TPSA) is 21.3 Å². The second-order valence-electron chi connectivity index (χ2n) is 4.40. The summed E-state index contributed by atoms with van der Waals surface area (Å²) in [7, 11) is 0. The molecule has 0 bridgehead atoms. The highest BCUT2D eigenvalue weighted by molar-refractivity contribution is 5.34. The molecular formula is C14H23NO. The van der Waals surface area contributed by atoms with Crippen LogP contribution in [-0.4, -0.2) is 19.2 Å². The normalized spacial score (nSPS) is 10.8. The molecule has 0 atom stereocenters. The number of hydrogen-bond acceptors (Lipinski definition) is 2. The van der Waals surface area contributed by atoms with E-state index >= 15 is 0 Å². The second-order valence-corrected chi connectivity index (χ2v) is 4.40. The van der Waals surface area contributed by atoms with Gasteiger partial charge in [0.1, 0.15) is 12.4 Å². The fourth-order valence-corrected chi connectivity index (χ4v) is 1.64. The van der Waals surface area contributed by atoms with E-state index in [1.807, 2.05) is 6.07 Å². The number of aryl methyl sites for hydroxylation is 2. The van der Waals surface area contributed by atoms with E-state index < -0.39 is 0 Å². The Kier molecular flexibility index (Phi) is 5.33. The van der Waals surface area contributed by atoms with E-state index in [9.17, 15) is 0 Å². The lowest BCUT2D eigenvalue weighted by Gasteiger charge is -2.11. The first-order chi connectivity index (χ1) is 7.63. The summed E-state index contributed by atoms with van der Waals surface area (Å²) in [6.45, 7) is 10.2. The van der Waals surface area contributed by atoms with Gasteiger partial charge in [0.15, 0.2) is 0 Å². The maximum absolute atomic E-state index is 5.69. The summed E-state index contributed by atoms with van der Waals surface area (Å²) >= 11 is 0. The molecule has 0 aliphatic rings. The van der Waals surface area contributed by atoms with Crippen molar-refractivity contribution in [3.63, 3.8) is 0 Å². The molecule has 0 aliphatic heterocycles. The molecule has 90 valence electrons. The van der Waals surface area contributed by atoms with Crippen molar-refractivity contribution in [2.24, 2.45) is 0 Å². The Labute approximate surface area is 99.0 Å². The summed E-state index contributed by atoms with van der Waals surface area (Å²) in [5.41, 5.74) is 2.71. The molecule has 0 saturated carbocycles. The van der Waals surface area contributed by atoms with Crippen LogP contribution < -0.4 is 10.1 Å². The molecule has 0 amide bonds. The van der Waals surface area contributed by atoms with Gasteiger partial charge in [0.2, 0.25) is 0 Å². The lowest BCUT2D eigenvalue weighted by molar-refractivity contribution is 0.308. The van der Waals surface area contributed by atoms with E-state index in [-0.39, 0.29) is 0 Å². The molecule has 1 aromatic rings. The molecular weight excluding hydrogens is 198 g/mol. The molecule has 0 spiro atoms. The average Bonchev–Trinajstić information content (AvgIpc) is 2.26. The van der Waals surface area contributed by atoms with Crippen LogP contribution in [0.1, 0.15) is 31.9 Å². The first-order valence-electron chi connectivity index (χ1n) is 6.09. The molecule has 0 heterocycles. The molecule has 1 aromatic carbocycles. The quantitative estimate of drug-likeness (QED) is 0.746. The van der Waals surface area contributed by atoms with Crippen LogP contribution in [-0.2, 0) is 6.42 Å². The highest BCUT2D eigenvalue weighted by atomic mass is 16.5. The number of nitrogens with one attached hydrogen (secondary N) is 1. The van der Waals surface area contributed by atoms with Crippen molar-refractivity contribution in [3.8, 4) is 5.75 Å². The lowest BCUT2D eigenvalue weighted by atomic mass is 10.1. The fraction of sp³-hybridized carbons (Fsp3) is 0.571. The van der Waals surface area contributed by atoms with Crippen LogP contribution in [0.5, 0.6) is 5.75 Å². The summed E-state index contributed by atoms with van der Waals surface area (Å²) in [6, 6.07) is 6.84. The molecule has 0 unspecified atom stereocenters. The highest BCUT2D eigenvalue weighted by Gasteiger charge is 1.99. The minimum Gasteiger partial charge on any atom is -0.492 e. The zero-order chi connectivity index (χ0) is 12.0. The molecule has 0 radical (unpaired) electrons. The van der Waals surface area contributed by atoms with E-state index in [1.54, 1.807) is 0 Å². The number of ether oxygens (including phenoxy) is 1. The third-order valence-corrected chi connectivity index (χ3v) is 2.62. The van der Waals surface area contributed by atoms with Gasteiger partial charge in [0, 0.05) is 12.6 Å². The minimum atomic E-state index is 0.521. The van der Waals surface area contributed by atoms with Crippen molar-refractivity contribution in [1.29, 1.82) is 0 Å². The fourth-order valence-electron chi connectivity index (χ4n) is 1.64. The summed E-state index contributed by atoms with van der Waals surface area (Å²) in [4.78, 5) is 0. The molecule has 2 heteroatoms. The zero-order valence-electron chi connectivity index (χ0n) is 10.8. The van der Waals surface area contributed by atoms with Crippen molar-refractivity contribution in [2.75, 3.05) is 13.2 Å². The summed E-state index contributed by atoms with van der Waals surface area (Å²) < 4.78 is 5.69. The zero-order valence-corrected chi connectivity index (χ0v) is 10.8. The van der Waals surface area contributed by atoms with Gasteiger partial charge in [-0.05, 0) is 36.6 Å². The van der Waals surface area contributed by atoms with E-state index in [0.717, 1.165) is 25.3 Å².